The van der Waals surface area contributed by atoms with Crippen LogP contribution in [0.15, 0.2) is 24.3 Å². The largest absolute Gasteiger partial charge is 0.758 e. The first-order valence-corrected chi connectivity index (χ1v) is 3.34. The number of anilines is 2. The molecule has 5 nitrogen and oxygen atoms in total. The molecular formula is C7H9N3O2-2. The van der Waals surface area contributed by atoms with E-state index in [9.17, 15) is 10.4 Å². The molecule has 0 unspecified atom stereocenters. The van der Waals surface area contributed by atoms with Crippen LogP contribution in [0.5, 0.6) is 0 Å². The van der Waals surface area contributed by atoms with E-state index < -0.39 is 0 Å². The van der Waals surface area contributed by atoms with Crippen molar-refractivity contribution in [1.29, 1.82) is 0 Å². The minimum absolute atomic E-state index is 0.245. The molecule has 0 aromatic heterocycles. The number of hydrazine groups is 1. The van der Waals surface area contributed by atoms with Gasteiger partial charge in [0.25, 0.3) is 0 Å². The molecule has 2 N–H and O–H groups in total. The van der Waals surface area contributed by atoms with Crippen LogP contribution in [0.1, 0.15) is 0 Å². The molecule has 66 valence electrons. The van der Waals surface area contributed by atoms with Crippen LogP contribution in [0.4, 0.5) is 11.4 Å². The lowest BCUT2D eigenvalue weighted by molar-refractivity contribution is 1.09. The third-order valence-corrected chi connectivity index (χ3v) is 1.47. The van der Waals surface area contributed by atoms with Gasteiger partial charge in [0.15, 0.2) is 0 Å². The highest BCUT2D eigenvalue weighted by Gasteiger charge is 1.91. The Hall–Kier alpha value is -1.30. The van der Waals surface area contributed by atoms with Crippen molar-refractivity contribution in [3.63, 3.8) is 0 Å². The minimum atomic E-state index is 0.245. The Morgan fingerprint density at radius 2 is 1.50 bits per heavy atom. The first kappa shape index (κ1) is 8.79. The lowest BCUT2D eigenvalue weighted by Gasteiger charge is -2.27. The van der Waals surface area contributed by atoms with E-state index in [2.05, 4.69) is 0 Å². The summed E-state index contributed by atoms with van der Waals surface area (Å²) in [5, 5.41) is 22.2. The van der Waals surface area contributed by atoms with Gasteiger partial charge in [-0.2, -0.15) is 0 Å². The van der Waals surface area contributed by atoms with Gasteiger partial charge in [-0.1, -0.05) is 0 Å². The van der Waals surface area contributed by atoms with Crippen molar-refractivity contribution in [2.24, 2.45) is 5.84 Å². The molecule has 0 heterocycles. The zero-order chi connectivity index (χ0) is 9.14. The Kier molecular flexibility index (Phi) is 2.49. The van der Waals surface area contributed by atoms with Crippen molar-refractivity contribution in [1.82, 2.24) is 0 Å². The molecule has 0 amide bonds. The molecule has 0 fully saturated rings. The smallest absolute Gasteiger partial charge is 0.0404 e. The Morgan fingerprint density at radius 1 is 1.08 bits per heavy atom. The lowest BCUT2D eigenvalue weighted by atomic mass is 10.3. The summed E-state index contributed by atoms with van der Waals surface area (Å²) in [7, 11) is 1.38. The molecule has 0 radical (unpaired) electrons. The molecule has 0 aliphatic heterocycles. The van der Waals surface area contributed by atoms with E-state index >= 15 is 0 Å². The van der Waals surface area contributed by atoms with Gasteiger partial charge in [-0.05, 0) is 31.3 Å². The first-order valence-electron chi connectivity index (χ1n) is 3.34. The van der Waals surface area contributed by atoms with Gasteiger partial charge in [0.05, 0.1) is 0 Å². The second kappa shape index (κ2) is 3.40. The van der Waals surface area contributed by atoms with Gasteiger partial charge >= 0.3 is 0 Å². The molecule has 0 saturated carbocycles. The van der Waals surface area contributed by atoms with Gasteiger partial charge in [-0.3, -0.25) is 5.84 Å². The van der Waals surface area contributed by atoms with Gasteiger partial charge < -0.3 is 20.6 Å². The van der Waals surface area contributed by atoms with E-state index in [1.54, 1.807) is 0 Å². The van der Waals surface area contributed by atoms with Gasteiger partial charge in [-0.15, -0.1) is 0 Å². The van der Waals surface area contributed by atoms with Crippen molar-refractivity contribution in [2.45, 2.75) is 0 Å². The topological polar surface area (TPSA) is 78.6 Å². The fourth-order valence-electron chi connectivity index (χ4n) is 0.809. The zero-order valence-corrected chi connectivity index (χ0v) is 6.60. The van der Waals surface area contributed by atoms with Crippen LogP contribution in [0.2, 0.25) is 0 Å². The zero-order valence-electron chi connectivity index (χ0n) is 6.60. The number of rotatable bonds is 2. The van der Waals surface area contributed by atoms with E-state index in [1.807, 2.05) is 0 Å². The fourth-order valence-corrected chi connectivity index (χ4v) is 0.809. The van der Waals surface area contributed by atoms with Crippen molar-refractivity contribution in [2.75, 3.05) is 17.3 Å². The molecule has 0 spiro atoms. The van der Waals surface area contributed by atoms with Gasteiger partial charge in [0, 0.05) is 11.4 Å². The average Bonchev–Trinajstić information content (AvgIpc) is 2.04. The molecule has 1 rings (SSSR count). The summed E-state index contributed by atoms with van der Waals surface area (Å²) in [6, 6.07) is 6.02. The summed E-state index contributed by atoms with van der Waals surface area (Å²) in [6.45, 7) is 0. The van der Waals surface area contributed by atoms with E-state index in [0.29, 0.717) is 16.4 Å². The Balaban J connectivity index is 2.86. The Labute approximate surface area is 70.1 Å². The predicted molar refractivity (Wildman–Crippen MR) is 48.2 cm³/mol. The summed E-state index contributed by atoms with van der Waals surface area (Å²) in [4.78, 5) is 0. The van der Waals surface area contributed by atoms with Gasteiger partial charge in [0.1, 0.15) is 0 Å². The molecule has 0 aliphatic rings. The second-order valence-corrected chi connectivity index (χ2v) is 2.34. The van der Waals surface area contributed by atoms with E-state index in [0.717, 1.165) is 0 Å². The summed E-state index contributed by atoms with van der Waals surface area (Å²) >= 11 is 0. The highest BCUT2D eigenvalue weighted by Crippen LogP contribution is 2.16. The van der Waals surface area contributed by atoms with Crippen LogP contribution in [0.3, 0.4) is 0 Å². The SMILES string of the molecule is CN([O-])c1ccc(N(N)[O-])cc1. The number of hydroxylamine groups is 1. The minimum Gasteiger partial charge on any atom is -0.758 e. The van der Waals surface area contributed by atoms with E-state index in [1.165, 1.54) is 31.3 Å². The molecular weight excluding hydrogens is 158 g/mol. The molecule has 0 saturated heterocycles. The van der Waals surface area contributed by atoms with Crippen LogP contribution in [-0.4, -0.2) is 7.05 Å². The van der Waals surface area contributed by atoms with E-state index in [4.69, 9.17) is 5.84 Å². The fraction of sp³-hybridized carbons (Fsp3) is 0.143. The van der Waals surface area contributed by atoms with Crippen molar-refractivity contribution < 1.29 is 0 Å². The summed E-state index contributed by atoms with van der Waals surface area (Å²) < 4.78 is 0. The summed E-state index contributed by atoms with van der Waals surface area (Å²) in [5.74, 6) is 4.93. The maximum atomic E-state index is 10.7. The molecule has 0 bridgehead atoms. The predicted octanol–water partition coefficient (Wildman–Crippen LogP) is 0.798. The quantitative estimate of drug-likeness (QED) is 0.520. The second-order valence-electron chi connectivity index (χ2n) is 2.34. The van der Waals surface area contributed by atoms with E-state index in [-0.39, 0.29) is 5.17 Å². The summed E-state index contributed by atoms with van der Waals surface area (Å²) in [5.41, 5.74) is 0.807. The Bertz CT molecular complexity index is 218. The highest BCUT2D eigenvalue weighted by atomic mass is 16.5. The maximum absolute atomic E-state index is 10.7. The Morgan fingerprint density at radius 3 is 1.83 bits per heavy atom. The number of nitrogens with two attached hydrogens (primary N) is 1. The number of nitrogens with zero attached hydrogens (tertiary/aromatic N) is 2. The monoisotopic (exact) mass is 167 g/mol. The van der Waals surface area contributed by atoms with Crippen molar-refractivity contribution >= 4 is 11.4 Å². The van der Waals surface area contributed by atoms with Crippen molar-refractivity contribution in [3.8, 4) is 0 Å². The average molecular weight is 167 g/mol. The third-order valence-electron chi connectivity index (χ3n) is 1.47. The normalized spacial score (nSPS) is 9.67. The molecule has 0 aliphatic carbocycles. The summed E-state index contributed by atoms with van der Waals surface area (Å²) in [6.07, 6.45) is 0. The van der Waals surface area contributed by atoms with Crippen LogP contribution < -0.4 is 16.1 Å². The number of hydrogen-bond acceptors (Lipinski definition) is 5. The van der Waals surface area contributed by atoms with Crippen molar-refractivity contribution in [3.05, 3.63) is 34.7 Å². The van der Waals surface area contributed by atoms with Crippen LogP contribution in [-0.2, 0) is 0 Å². The molecule has 5 heteroatoms. The molecule has 0 atom stereocenters. The maximum Gasteiger partial charge on any atom is 0.0404 e. The standard InChI is InChI=1S/C7H9N3O2/c1-9(11)6-2-4-7(5-3-6)10(8)12/h2-5H,8H2,1H3/q-2. The van der Waals surface area contributed by atoms with Crippen LogP contribution in [0, 0.1) is 10.4 Å². The lowest BCUT2D eigenvalue weighted by Crippen LogP contribution is -2.22. The van der Waals surface area contributed by atoms with Gasteiger partial charge in [-0.25, -0.2) is 0 Å². The molecule has 1 aromatic carbocycles. The molecule has 12 heavy (non-hydrogen) atoms. The van der Waals surface area contributed by atoms with Crippen LogP contribution >= 0.6 is 0 Å². The first-order chi connectivity index (χ1) is 5.61. The molecule has 1 aromatic rings. The van der Waals surface area contributed by atoms with Gasteiger partial charge in [0.2, 0.25) is 0 Å². The van der Waals surface area contributed by atoms with Crippen LogP contribution in [0.25, 0.3) is 0 Å². The third kappa shape index (κ3) is 1.85. The highest BCUT2D eigenvalue weighted by molar-refractivity contribution is 5.55. The number of benzene rings is 1. The number of hydrogen-bond donors (Lipinski definition) is 1.